The van der Waals surface area contributed by atoms with E-state index in [9.17, 15) is 5.11 Å². The summed E-state index contributed by atoms with van der Waals surface area (Å²) in [6, 6.07) is 7.45. The molecule has 0 unspecified atom stereocenters. The summed E-state index contributed by atoms with van der Waals surface area (Å²) in [6.07, 6.45) is -0.264. The van der Waals surface area contributed by atoms with Crippen LogP contribution in [0.1, 0.15) is 13.8 Å². The molecule has 0 radical (unpaired) electrons. The van der Waals surface area contributed by atoms with Crippen molar-refractivity contribution in [2.24, 2.45) is 0 Å². The van der Waals surface area contributed by atoms with Gasteiger partial charge in [0.25, 0.3) is 0 Å². The van der Waals surface area contributed by atoms with Gasteiger partial charge >= 0.3 is 0 Å². The molecule has 2 rings (SSSR count). The summed E-state index contributed by atoms with van der Waals surface area (Å²) in [4.78, 5) is 2.21. The molecule has 5 heteroatoms. The second kappa shape index (κ2) is 8.22. The number of benzene rings is 1. The molecule has 0 aliphatic carbocycles. The average molecular weight is 295 g/mol. The fourth-order valence-electron chi connectivity index (χ4n) is 2.40. The Labute approximate surface area is 126 Å². The zero-order valence-corrected chi connectivity index (χ0v) is 12.8. The molecule has 21 heavy (non-hydrogen) atoms. The molecule has 2 atom stereocenters. The van der Waals surface area contributed by atoms with Crippen molar-refractivity contribution in [3.63, 3.8) is 0 Å². The minimum absolute atomic E-state index is 0.234. The highest BCUT2D eigenvalue weighted by atomic mass is 16.5. The van der Waals surface area contributed by atoms with Crippen LogP contribution in [0.5, 0.6) is 11.5 Å². The molecule has 0 spiro atoms. The second-order valence-corrected chi connectivity index (χ2v) is 5.31. The third-order valence-corrected chi connectivity index (χ3v) is 3.37. The summed E-state index contributed by atoms with van der Waals surface area (Å²) in [5.74, 6) is 1.57. The summed E-state index contributed by atoms with van der Waals surface area (Å²) < 4.78 is 16.5. The van der Waals surface area contributed by atoms with Crippen molar-refractivity contribution in [2.45, 2.75) is 26.1 Å². The van der Waals surface area contributed by atoms with Crippen LogP contribution in [-0.4, -0.2) is 61.7 Å². The summed E-state index contributed by atoms with van der Waals surface area (Å²) >= 11 is 0. The molecule has 5 nitrogen and oxygen atoms in total. The normalized spacial score (nSPS) is 21.0. The van der Waals surface area contributed by atoms with Crippen molar-refractivity contribution in [3.05, 3.63) is 24.3 Å². The van der Waals surface area contributed by atoms with Gasteiger partial charge in [0.1, 0.15) is 24.2 Å². The predicted molar refractivity (Wildman–Crippen MR) is 81.0 cm³/mol. The van der Waals surface area contributed by atoms with Gasteiger partial charge in [0.15, 0.2) is 0 Å². The summed E-state index contributed by atoms with van der Waals surface area (Å²) in [5, 5.41) is 10.1. The molecule has 1 heterocycles. The van der Waals surface area contributed by atoms with Crippen LogP contribution in [-0.2, 0) is 4.74 Å². The molecule has 0 aromatic heterocycles. The van der Waals surface area contributed by atoms with Gasteiger partial charge in [-0.15, -0.1) is 0 Å². The summed E-state index contributed by atoms with van der Waals surface area (Å²) in [5.41, 5.74) is 0. The van der Waals surface area contributed by atoms with E-state index in [2.05, 4.69) is 11.8 Å². The highest BCUT2D eigenvalue weighted by Gasteiger charge is 2.19. The van der Waals surface area contributed by atoms with Crippen LogP contribution in [0, 0.1) is 0 Å². The number of hydrogen-bond donors (Lipinski definition) is 1. The van der Waals surface area contributed by atoms with Crippen molar-refractivity contribution < 1.29 is 19.3 Å². The van der Waals surface area contributed by atoms with E-state index in [4.69, 9.17) is 14.2 Å². The molecule has 1 N–H and O–H groups in total. The highest BCUT2D eigenvalue weighted by Crippen LogP contribution is 2.17. The Morgan fingerprint density at radius 3 is 2.57 bits per heavy atom. The van der Waals surface area contributed by atoms with E-state index in [0.29, 0.717) is 19.8 Å². The molecule has 1 aliphatic rings. The van der Waals surface area contributed by atoms with Gasteiger partial charge in [-0.3, -0.25) is 4.90 Å². The Balaban J connectivity index is 1.71. The fourth-order valence-corrected chi connectivity index (χ4v) is 2.40. The number of aliphatic hydroxyl groups excluding tert-OH is 1. The van der Waals surface area contributed by atoms with Gasteiger partial charge in [0.2, 0.25) is 0 Å². The monoisotopic (exact) mass is 295 g/mol. The molecular formula is C16H25NO4. The van der Waals surface area contributed by atoms with Crippen LogP contribution < -0.4 is 9.47 Å². The van der Waals surface area contributed by atoms with E-state index >= 15 is 0 Å². The molecule has 0 bridgehead atoms. The molecule has 1 aliphatic heterocycles. The Kier molecular flexibility index (Phi) is 6.29. The lowest BCUT2D eigenvalue weighted by Gasteiger charge is -2.32. The zero-order valence-electron chi connectivity index (χ0n) is 12.8. The summed E-state index contributed by atoms with van der Waals surface area (Å²) in [6.45, 7) is 8.02. The van der Waals surface area contributed by atoms with Gasteiger partial charge in [-0.1, -0.05) is 0 Å². The number of aliphatic hydroxyl groups is 1. The zero-order chi connectivity index (χ0) is 15.1. The van der Waals surface area contributed by atoms with Crippen molar-refractivity contribution in [1.29, 1.82) is 0 Å². The quantitative estimate of drug-likeness (QED) is 0.827. The largest absolute Gasteiger partial charge is 0.494 e. The molecular weight excluding hydrogens is 270 g/mol. The van der Waals surface area contributed by atoms with E-state index in [0.717, 1.165) is 31.2 Å². The molecule has 0 saturated carbocycles. The second-order valence-electron chi connectivity index (χ2n) is 5.31. The van der Waals surface area contributed by atoms with Gasteiger partial charge in [-0.05, 0) is 38.1 Å². The molecule has 118 valence electrons. The Morgan fingerprint density at radius 1 is 1.29 bits per heavy atom. The first-order valence-corrected chi connectivity index (χ1v) is 7.55. The molecule has 1 fully saturated rings. The number of hydrogen-bond acceptors (Lipinski definition) is 5. The maximum absolute atomic E-state index is 10.1. The lowest BCUT2D eigenvalue weighted by molar-refractivity contribution is -0.0361. The van der Waals surface area contributed by atoms with Gasteiger partial charge in [-0.25, -0.2) is 0 Å². The van der Waals surface area contributed by atoms with Gasteiger partial charge < -0.3 is 19.3 Å². The van der Waals surface area contributed by atoms with Crippen LogP contribution >= 0.6 is 0 Å². The molecule has 1 aromatic rings. The Bertz CT molecular complexity index is 409. The number of rotatable bonds is 7. The van der Waals surface area contributed by atoms with E-state index in [1.165, 1.54) is 0 Å². The third-order valence-electron chi connectivity index (χ3n) is 3.37. The minimum atomic E-state index is -0.498. The number of ether oxygens (including phenoxy) is 3. The number of nitrogens with zero attached hydrogens (tertiary/aromatic N) is 1. The average Bonchev–Trinajstić information content (AvgIpc) is 2.47. The van der Waals surface area contributed by atoms with Crippen molar-refractivity contribution in [3.8, 4) is 11.5 Å². The number of β-amino-alcohol motifs (C(OH)–C–C–N with tert-alkyl or cyclic N) is 1. The third kappa shape index (κ3) is 5.53. The lowest BCUT2D eigenvalue weighted by Crippen LogP contribution is -2.45. The van der Waals surface area contributed by atoms with Crippen LogP contribution in [0.4, 0.5) is 0 Å². The van der Waals surface area contributed by atoms with Gasteiger partial charge in [0.05, 0.1) is 19.3 Å². The Morgan fingerprint density at radius 2 is 1.95 bits per heavy atom. The standard InChI is InChI=1S/C16H25NO4/c1-3-19-15-4-6-16(7-5-15)21-12-14(18)11-17-8-9-20-13(2)10-17/h4-7,13-14,18H,3,8-12H2,1-2H3/t13-,14+/m0/s1. The first-order chi connectivity index (χ1) is 10.2. The summed E-state index contributed by atoms with van der Waals surface area (Å²) in [7, 11) is 0. The van der Waals surface area contributed by atoms with Crippen LogP contribution in [0.2, 0.25) is 0 Å². The van der Waals surface area contributed by atoms with Crippen molar-refractivity contribution in [1.82, 2.24) is 4.90 Å². The highest BCUT2D eigenvalue weighted by molar-refractivity contribution is 5.31. The fraction of sp³-hybridized carbons (Fsp3) is 0.625. The van der Waals surface area contributed by atoms with E-state index < -0.39 is 6.10 Å². The molecule has 0 amide bonds. The van der Waals surface area contributed by atoms with Gasteiger partial charge in [-0.2, -0.15) is 0 Å². The van der Waals surface area contributed by atoms with Crippen LogP contribution in [0.25, 0.3) is 0 Å². The van der Waals surface area contributed by atoms with Crippen LogP contribution in [0.15, 0.2) is 24.3 Å². The van der Waals surface area contributed by atoms with Crippen molar-refractivity contribution in [2.75, 3.05) is 39.5 Å². The molecule has 1 aromatic carbocycles. The smallest absolute Gasteiger partial charge is 0.119 e. The Hall–Kier alpha value is -1.30. The van der Waals surface area contributed by atoms with Crippen LogP contribution in [0.3, 0.4) is 0 Å². The van der Waals surface area contributed by atoms with E-state index in [1.807, 2.05) is 31.2 Å². The predicted octanol–water partition coefficient (Wildman–Crippen LogP) is 1.55. The van der Waals surface area contributed by atoms with Gasteiger partial charge in [0, 0.05) is 19.6 Å². The maximum Gasteiger partial charge on any atom is 0.119 e. The first-order valence-electron chi connectivity index (χ1n) is 7.55. The lowest BCUT2D eigenvalue weighted by atomic mass is 10.2. The van der Waals surface area contributed by atoms with E-state index in [1.54, 1.807) is 0 Å². The first kappa shape index (κ1) is 16.1. The molecule has 1 saturated heterocycles. The SMILES string of the molecule is CCOc1ccc(OC[C@H](O)CN2CCO[C@@H](C)C2)cc1. The topological polar surface area (TPSA) is 51.2 Å². The minimum Gasteiger partial charge on any atom is -0.494 e. The maximum atomic E-state index is 10.1. The number of morpholine rings is 1. The van der Waals surface area contributed by atoms with E-state index in [-0.39, 0.29) is 6.10 Å². The van der Waals surface area contributed by atoms with Crippen molar-refractivity contribution >= 4 is 0 Å².